The molecule has 2 aromatic rings. The third-order valence-corrected chi connectivity index (χ3v) is 3.74. The van der Waals surface area contributed by atoms with Crippen molar-refractivity contribution >= 4 is 0 Å². The van der Waals surface area contributed by atoms with Gasteiger partial charge < -0.3 is 0 Å². The molecule has 0 bridgehead atoms. The predicted octanol–water partition coefficient (Wildman–Crippen LogP) is -0.0456. The van der Waals surface area contributed by atoms with E-state index in [1.165, 1.54) is 3.57 Å². The van der Waals surface area contributed by atoms with Crippen LogP contribution in [-0.4, -0.2) is 0 Å². The second-order valence-electron chi connectivity index (χ2n) is 2.98. The maximum atomic E-state index is 3.28. The fourth-order valence-corrected chi connectivity index (χ4v) is 2.66. The quantitative estimate of drug-likeness (QED) is 0.512. The third kappa shape index (κ3) is 3.41. The fourth-order valence-electron chi connectivity index (χ4n) is 1.13. The Labute approximate surface area is 101 Å². The summed E-state index contributed by atoms with van der Waals surface area (Å²) in [5, 5.41) is 0. The molecule has 0 aliphatic carbocycles. The van der Waals surface area contributed by atoms with Crippen molar-refractivity contribution in [2.75, 3.05) is 0 Å². The monoisotopic (exact) mass is 305 g/mol. The van der Waals surface area contributed by atoms with E-state index >= 15 is 0 Å². The van der Waals surface area contributed by atoms with Crippen molar-refractivity contribution in [2.45, 2.75) is 0 Å². The van der Waals surface area contributed by atoms with Crippen molar-refractivity contribution < 1.29 is 21.2 Å². The Hall–Kier alpha value is -1.27. The first-order chi connectivity index (χ1) is 7.45. The topological polar surface area (TPSA) is 0 Å². The fraction of sp³-hybridized carbons (Fsp3) is 0. The van der Waals surface area contributed by atoms with Crippen LogP contribution < -0.4 is 21.2 Å². The molecule has 0 radical (unpaired) electrons. The van der Waals surface area contributed by atoms with Crippen molar-refractivity contribution in [2.24, 2.45) is 0 Å². The summed E-state index contributed by atoms with van der Waals surface area (Å²) in [6, 6.07) is 20.6. The van der Waals surface area contributed by atoms with Crippen LogP contribution in [0, 0.1) is 13.4 Å². The molecule has 0 aliphatic heterocycles. The van der Waals surface area contributed by atoms with Crippen LogP contribution in [0.1, 0.15) is 5.56 Å². The number of rotatable bonds is 1. The molecule has 2 aromatic carbocycles. The van der Waals surface area contributed by atoms with Crippen LogP contribution in [0.5, 0.6) is 0 Å². The van der Waals surface area contributed by atoms with Crippen LogP contribution in [0.25, 0.3) is 0 Å². The van der Waals surface area contributed by atoms with E-state index in [9.17, 15) is 0 Å². The van der Waals surface area contributed by atoms with Gasteiger partial charge in [0.15, 0.2) is 0 Å². The van der Waals surface area contributed by atoms with Gasteiger partial charge in [-0.2, -0.15) is 0 Å². The zero-order valence-corrected chi connectivity index (χ0v) is 10.3. The van der Waals surface area contributed by atoms with Gasteiger partial charge in [0, 0.05) is 0 Å². The number of benzene rings is 2. The Morgan fingerprint density at radius 1 is 0.733 bits per heavy atom. The zero-order chi connectivity index (χ0) is 10.3. The molecule has 0 fully saturated rings. The molecule has 0 saturated heterocycles. The summed E-state index contributed by atoms with van der Waals surface area (Å²) < 4.78 is 4.65. The zero-order valence-electron chi connectivity index (χ0n) is 8.15. The average molecular weight is 305 g/mol. The summed E-state index contributed by atoms with van der Waals surface area (Å²) in [4.78, 5) is 0. The number of halogens is 1. The van der Waals surface area contributed by atoms with Gasteiger partial charge >= 0.3 is 101 Å². The minimum absolute atomic E-state index is 0.160. The molecule has 0 unspecified atom stereocenters. The second kappa shape index (κ2) is 5.57. The second-order valence-corrected chi connectivity index (χ2v) is 5.30. The van der Waals surface area contributed by atoms with Crippen molar-refractivity contribution in [3.05, 3.63) is 69.8 Å². The Kier molecular flexibility index (Phi) is 3.81. The third-order valence-electron chi connectivity index (χ3n) is 1.85. The molecular weight excluding hydrogens is 295 g/mol. The van der Waals surface area contributed by atoms with Gasteiger partial charge in [-0.3, -0.25) is 0 Å². The SMILES string of the molecule is C(#Cc1ccccc1)[I-]c1ccccc1. The molecule has 74 valence electrons. The standard InChI is InChI=1S/C14H10I/c1-3-7-13(8-4-1)11-12-15-14-9-5-2-6-10-14/h1-10H/q-1. The van der Waals surface area contributed by atoms with Crippen molar-refractivity contribution in [3.63, 3.8) is 0 Å². The van der Waals surface area contributed by atoms with E-state index < -0.39 is 0 Å². The van der Waals surface area contributed by atoms with Crippen molar-refractivity contribution in [3.8, 4) is 9.85 Å². The van der Waals surface area contributed by atoms with Gasteiger partial charge in [0.05, 0.1) is 0 Å². The van der Waals surface area contributed by atoms with Crippen LogP contribution in [0.4, 0.5) is 0 Å². The van der Waals surface area contributed by atoms with E-state index in [0.717, 1.165) is 5.56 Å². The molecule has 15 heavy (non-hydrogen) atoms. The van der Waals surface area contributed by atoms with Gasteiger partial charge in [-0.05, 0) is 0 Å². The summed E-state index contributed by atoms with van der Waals surface area (Å²) in [5.41, 5.74) is 1.10. The van der Waals surface area contributed by atoms with Crippen LogP contribution >= 0.6 is 0 Å². The summed E-state index contributed by atoms with van der Waals surface area (Å²) in [7, 11) is 0. The first kappa shape index (κ1) is 10.3. The molecular formula is C14H10I-. The summed E-state index contributed by atoms with van der Waals surface area (Å²) in [5.74, 6) is 3.19. The Balaban J connectivity index is 2.03. The van der Waals surface area contributed by atoms with E-state index in [1.807, 2.05) is 36.4 Å². The van der Waals surface area contributed by atoms with Crippen molar-refractivity contribution in [1.29, 1.82) is 0 Å². The molecule has 0 N–H and O–H groups in total. The molecule has 0 aliphatic rings. The van der Waals surface area contributed by atoms with Crippen molar-refractivity contribution in [1.82, 2.24) is 0 Å². The molecule has 0 atom stereocenters. The van der Waals surface area contributed by atoms with Crippen LogP contribution in [0.3, 0.4) is 0 Å². The molecule has 2 rings (SSSR count). The number of hydrogen-bond donors (Lipinski definition) is 0. The Morgan fingerprint density at radius 2 is 1.33 bits per heavy atom. The van der Waals surface area contributed by atoms with Gasteiger partial charge in [0.2, 0.25) is 0 Å². The summed E-state index contributed by atoms with van der Waals surface area (Å²) in [6.45, 7) is 0. The van der Waals surface area contributed by atoms with E-state index in [1.54, 1.807) is 0 Å². The predicted molar refractivity (Wildman–Crippen MR) is 58.5 cm³/mol. The molecule has 0 amide bonds. The molecule has 0 heterocycles. The maximum absolute atomic E-state index is 3.28. The molecule has 0 saturated carbocycles. The van der Waals surface area contributed by atoms with Gasteiger partial charge in [-0.25, -0.2) is 0 Å². The van der Waals surface area contributed by atoms with E-state index in [0.29, 0.717) is 0 Å². The van der Waals surface area contributed by atoms with Crippen LogP contribution in [0.2, 0.25) is 0 Å². The minimum atomic E-state index is -0.160. The first-order valence-corrected chi connectivity index (χ1v) is 6.86. The average Bonchev–Trinajstić information content (AvgIpc) is 2.32. The Morgan fingerprint density at radius 3 is 2.00 bits per heavy atom. The van der Waals surface area contributed by atoms with E-state index in [2.05, 4.69) is 34.1 Å². The normalized spacial score (nSPS) is 9.33. The summed E-state index contributed by atoms with van der Waals surface area (Å²) in [6.07, 6.45) is 0. The van der Waals surface area contributed by atoms with Gasteiger partial charge in [-0.1, -0.05) is 0 Å². The van der Waals surface area contributed by atoms with Gasteiger partial charge in [-0.15, -0.1) is 0 Å². The van der Waals surface area contributed by atoms with Gasteiger partial charge in [0.1, 0.15) is 0 Å². The summed E-state index contributed by atoms with van der Waals surface area (Å²) >= 11 is -0.160. The van der Waals surface area contributed by atoms with E-state index in [-0.39, 0.29) is 21.2 Å². The number of hydrogen-bond acceptors (Lipinski definition) is 0. The van der Waals surface area contributed by atoms with Crippen LogP contribution in [-0.2, 0) is 0 Å². The van der Waals surface area contributed by atoms with Gasteiger partial charge in [0.25, 0.3) is 0 Å². The molecule has 1 heteroatoms. The molecule has 0 spiro atoms. The van der Waals surface area contributed by atoms with E-state index in [4.69, 9.17) is 0 Å². The first-order valence-electron chi connectivity index (χ1n) is 4.70. The Bertz CT molecular complexity index is 463. The molecule has 0 aromatic heterocycles. The molecule has 0 nitrogen and oxygen atoms in total. The van der Waals surface area contributed by atoms with Crippen LogP contribution in [0.15, 0.2) is 60.7 Å².